The topological polar surface area (TPSA) is 174 Å². The molecule has 1 aromatic rings. The van der Waals surface area contributed by atoms with Gasteiger partial charge in [-0.3, -0.25) is 28.8 Å². The first-order valence-corrected chi connectivity index (χ1v) is 18.8. The molecule has 2 saturated carbocycles. The summed E-state index contributed by atoms with van der Waals surface area (Å²) in [6, 6.07) is 9.21. The molecule has 4 aliphatic rings. The van der Waals surface area contributed by atoms with E-state index in [4.69, 9.17) is 33.2 Å². The van der Waals surface area contributed by atoms with E-state index in [2.05, 4.69) is 0 Å². The fourth-order valence-electron chi connectivity index (χ4n) is 9.95. The van der Waals surface area contributed by atoms with E-state index in [0.29, 0.717) is 11.1 Å². The Balaban J connectivity index is 1.75. The molecule has 1 aliphatic heterocycles. The van der Waals surface area contributed by atoms with Crippen LogP contribution in [-0.2, 0) is 61.9 Å². The van der Waals surface area contributed by atoms with Crippen LogP contribution in [-0.4, -0.2) is 104 Å². The number of benzene rings is 1. The smallest absolute Gasteiger partial charge is 0.308 e. The Morgan fingerprint density at radius 1 is 0.764 bits per heavy atom. The van der Waals surface area contributed by atoms with Crippen molar-refractivity contribution in [2.45, 2.75) is 130 Å². The molecule has 302 valence electrons. The fraction of sp³-hybridized carbons (Fsp3) is 0.659. The number of fused-ring (bicyclic) bond motifs is 4. The number of rotatable bonds is 10. The minimum Gasteiger partial charge on any atom is -0.462 e. The Kier molecular flexibility index (Phi) is 11.9. The molecule has 5 rings (SSSR count). The van der Waals surface area contributed by atoms with E-state index in [0.717, 1.165) is 5.56 Å². The molecule has 1 heterocycles. The van der Waals surface area contributed by atoms with Crippen molar-refractivity contribution in [2.24, 2.45) is 22.7 Å². The summed E-state index contributed by atoms with van der Waals surface area (Å²) in [4.78, 5) is 80.9. The van der Waals surface area contributed by atoms with E-state index >= 15 is 0 Å². The first-order chi connectivity index (χ1) is 25.6. The molecule has 11 atom stereocenters. The zero-order valence-corrected chi connectivity index (χ0v) is 33.7. The molecule has 1 saturated heterocycles. The summed E-state index contributed by atoms with van der Waals surface area (Å²) in [5, 5.41) is 0. The minimum atomic E-state index is -1.50. The quantitative estimate of drug-likeness (QED) is 0.142. The van der Waals surface area contributed by atoms with E-state index in [1.165, 1.54) is 34.6 Å². The standard InChI is InChI=1S/C41H55NO13/c1-21-30(50-22(2)43)17-28-35(52-24(4)45)37-40(9,38(54-26(6)47)36(53-25(5)46)34(21)39(28,7)8)31(51-23(3)44)19-32(41(37)20-49-41)55-33(48)18-29(42(10)11)27-15-13-12-14-16-27/h12-16,28-32,35-38H,17-20H2,1-11H3/t28-,29+,30-,31-,32-,35+,36+,37-,38-,40-,41+/m0/s1. The Morgan fingerprint density at radius 2 is 1.33 bits per heavy atom. The van der Waals surface area contributed by atoms with Gasteiger partial charge in [-0.1, -0.05) is 51.1 Å². The van der Waals surface area contributed by atoms with Gasteiger partial charge in [0.2, 0.25) is 0 Å². The molecule has 0 N–H and O–H groups in total. The van der Waals surface area contributed by atoms with Gasteiger partial charge in [0, 0.05) is 58.9 Å². The van der Waals surface area contributed by atoms with E-state index in [9.17, 15) is 28.8 Å². The highest BCUT2D eigenvalue weighted by Gasteiger charge is 2.78. The van der Waals surface area contributed by atoms with E-state index in [1.54, 1.807) is 13.8 Å². The van der Waals surface area contributed by atoms with Gasteiger partial charge >= 0.3 is 35.8 Å². The molecular weight excluding hydrogens is 714 g/mol. The molecule has 0 unspecified atom stereocenters. The zero-order valence-electron chi connectivity index (χ0n) is 33.7. The van der Waals surface area contributed by atoms with E-state index in [-0.39, 0.29) is 31.9 Å². The van der Waals surface area contributed by atoms with Gasteiger partial charge in [-0.2, -0.15) is 0 Å². The molecule has 1 aromatic carbocycles. The van der Waals surface area contributed by atoms with Gasteiger partial charge in [-0.15, -0.1) is 0 Å². The average molecular weight is 770 g/mol. The van der Waals surface area contributed by atoms with Crippen molar-refractivity contribution in [2.75, 3.05) is 20.7 Å². The van der Waals surface area contributed by atoms with Crippen molar-refractivity contribution >= 4 is 35.8 Å². The molecule has 0 radical (unpaired) electrons. The van der Waals surface area contributed by atoms with Crippen LogP contribution in [0, 0.1) is 22.7 Å². The Bertz CT molecular complexity index is 1710. The SMILES string of the molecule is CC(=O)O[C@H]1[C@@H]2[C@@]3(CO3)[C@@H](OC(=O)C[C@H](c3ccccc3)N(C)C)C[C@H](OC(C)=O)[C@]2(C)[C@@H](OC(C)=O)[C@H](OC(C)=O)C2=C(C)[C@@H](OC(C)=O)C[C@@H]1C2(C)C. The maximum Gasteiger partial charge on any atom is 0.308 e. The maximum atomic E-state index is 14.0. The number of hydrogen-bond donors (Lipinski definition) is 0. The molecule has 55 heavy (non-hydrogen) atoms. The molecule has 1 spiro atoms. The Labute approximate surface area is 322 Å². The van der Waals surface area contributed by atoms with Gasteiger partial charge in [-0.25, -0.2) is 0 Å². The molecule has 14 heteroatoms. The van der Waals surface area contributed by atoms with E-state index < -0.39 is 101 Å². The van der Waals surface area contributed by atoms with Gasteiger partial charge in [0.15, 0.2) is 12.2 Å². The minimum absolute atomic E-state index is 0.0190. The summed E-state index contributed by atoms with van der Waals surface area (Å²) in [5.74, 6) is -5.41. The lowest BCUT2D eigenvalue weighted by molar-refractivity contribution is -0.258. The summed E-state index contributed by atoms with van der Waals surface area (Å²) >= 11 is 0. The van der Waals surface area contributed by atoms with Crippen molar-refractivity contribution < 1.29 is 61.9 Å². The summed E-state index contributed by atoms with van der Waals surface area (Å²) in [6.45, 7) is 13.7. The highest BCUT2D eigenvalue weighted by Crippen LogP contribution is 2.66. The second kappa shape index (κ2) is 15.7. The normalized spacial score (nSPS) is 33.9. The molecule has 2 bridgehead atoms. The van der Waals surface area contributed by atoms with Crippen LogP contribution in [0.4, 0.5) is 0 Å². The summed E-state index contributed by atoms with van der Waals surface area (Å²) in [6.07, 6.45) is -6.61. The molecule has 0 aromatic heterocycles. The lowest BCUT2D eigenvalue weighted by Gasteiger charge is -2.62. The highest BCUT2D eigenvalue weighted by molar-refractivity contribution is 5.72. The number of carbonyl (C=O) groups excluding carboxylic acids is 6. The predicted octanol–water partition coefficient (Wildman–Crippen LogP) is 4.42. The molecular formula is C41H55NO13. The van der Waals surface area contributed by atoms with Gasteiger partial charge in [-0.05, 0) is 49.6 Å². The summed E-state index contributed by atoms with van der Waals surface area (Å²) in [5.41, 5.74) is -1.77. The van der Waals surface area contributed by atoms with Crippen LogP contribution in [0.25, 0.3) is 0 Å². The number of nitrogens with zero attached hydrogens (tertiary/aromatic N) is 1. The molecule has 3 fully saturated rings. The van der Waals surface area contributed by atoms with Gasteiger partial charge in [0.25, 0.3) is 0 Å². The van der Waals surface area contributed by atoms with Crippen LogP contribution in [0.15, 0.2) is 41.5 Å². The van der Waals surface area contributed by atoms with Crippen LogP contribution in [0.1, 0.15) is 93.2 Å². The van der Waals surface area contributed by atoms with Gasteiger partial charge < -0.3 is 38.1 Å². The number of epoxide rings is 1. The lowest BCUT2D eigenvalue weighted by atomic mass is 9.47. The van der Waals surface area contributed by atoms with Crippen LogP contribution in [0.5, 0.6) is 0 Å². The number of ether oxygens (including phenoxy) is 7. The Hall–Kier alpha value is -4.30. The largest absolute Gasteiger partial charge is 0.462 e. The van der Waals surface area contributed by atoms with Gasteiger partial charge in [0.05, 0.1) is 18.4 Å². The zero-order chi connectivity index (χ0) is 40.8. The highest BCUT2D eigenvalue weighted by atomic mass is 16.6. The number of esters is 6. The monoisotopic (exact) mass is 769 g/mol. The Morgan fingerprint density at radius 3 is 1.84 bits per heavy atom. The van der Waals surface area contributed by atoms with Crippen molar-refractivity contribution in [3.8, 4) is 0 Å². The first-order valence-electron chi connectivity index (χ1n) is 18.8. The van der Waals surface area contributed by atoms with Crippen LogP contribution < -0.4 is 0 Å². The van der Waals surface area contributed by atoms with Crippen molar-refractivity contribution in [1.29, 1.82) is 0 Å². The molecule has 0 amide bonds. The third kappa shape index (κ3) is 8.03. The average Bonchev–Trinajstić information content (AvgIpc) is 3.85. The van der Waals surface area contributed by atoms with Crippen molar-refractivity contribution in [3.63, 3.8) is 0 Å². The number of carbonyl (C=O) groups is 6. The summed E-state index contributed by atoms with van der Waals surface area (Å²) in [7, 11) is 3.73. The first kappa shape index (κ1) is 41.9. The van der Waals surface area contributed by atoms with E-state index in [1.807, 2.05) is 63.2 Å². The fourth-order valence-corrected chi connectivity index (χ4v) is 9.95. The third-order valence-electron chi connectivity index (χ3n) is 12.2. The lowest BCUT2D eigenvalue weighted by Crippen LogP contribution is -2.72. The molecule has 3 aliphatic carbocycles. The predicted molar refractivity (Wildman–Crippen MR) is 195 cm³/mol. The maximum absolute atomic E-state index is 14.0. The third-order valence-corrected chi connectivity index (χ3v) is 12.2. The van der Waals surface area contributed by atoms with Crippen molar-refractivity contribution in [1.82, 2.24) is 4.90 Å². The summed E-state index contributed by atoms with van der Waals surface area (Å²) < 4.78 is 43.5. The van der Waals surface area contributed by atoms with Crippen LogP contribution in [0.3, 0.4) is 0 Å². The molecule has 14 nitrogen and oxygen atoms in total. The van der Waals surface area contributed by atoms with Crippen LogP contribution >= 0.6 is 0 Å². The number of hydrogen-bond acceptors (Lipinski definition) is 14. The van der Waals surface area contributed by atoms with Gasteiger partial charge in [0.1, 0.15) is 30.0 Å². The second-order valence-electron chi connectivity index (χ2n) is 16.4. The van der Waals surface area contributed by atoms with Crippen LogP contribution in [0.2, 0.25) is 0 Å². The van der Waals surface area contributed by atoms with Crippen molar-refractivity contribution in [3.05, 3.63) is 47.0 Å². The second-order valence-corrected chi connectivity index (χ2v) is 16.4.